The summed E-state index contributed by atoms with van der Waals surface area (Å²) >= 11 is 3.41. The summed E-state index contributed by atoms with van der Waals surface area (Å²) in [6.45, 7) is 8.14. The van der Waals surface area contributed by atoms with E-state index in [0.29, 0.717) is 6.47 Å². The van der Waals surface area contributed by atoms with Gasteiger partial charge in [-0.1, -0.05) is 41.4 Å². The third-order valence-corrected chi connectivity index (χ3v) is 2.66. The molecule has 0 radical (unpaired) electrons. The van der Waals surface area contributed by atoms with Crippen molar-refractivity contribution in [2.75, 3.05) is 0 Å². The highest BCUT2D eigenvalue weighted by molar-refractivity contribution is 9.10. The van der Waals surface area contributed by atoms with Gasteiger partial charge in [-0.3, -0.25) is 4.79 Å². The fourth-order valence-electron chi connectivity index (χ4n) is 1.18. The van der Waals surface area contributed by atoms with E-state index in [1.165, 1.54) is 24.8 Å². The SMILES string of the molecule is CC(C)(C)OC=O.CCCCc1ccc(Br)cc1. The number of hydrogen-bond donors (Lipinski definition) is 0. The maximum Gasteiger partial charge on any atom is 0.293 e. The topological polar surface area (TPSA) is 26.3 Å². The van der Waals surface area contributed by atoms with Crippen molar-refractivity contribution in [1.82, 2.24) is 0 Å². The Labute approximate surface area is 119 Å². The quantitative estimate of drug-likeness (QED) is 0.750. The molecular formula is C15H23BrO2. The first-order chi connectivity index (χ1) is 8.39. The molecule has 0 unspecified atom stereocenters. The second-order valence-corrected chi connectivity index (χ2v) is 5.97. The van der Waals surface area contributed by atoms with E-state index in [0.717, 1.165) is 4.47 Å². The molecule has 3 heteroatoms. The normalized spacial score (nSPS) is 10.3. The van der Waals surface area contributed by atoms with E-state index < -0.39 is 0 Å². The predicted molar refractivity (Wildman–Crippen MR) is 79.7 cm³/mol. The molecule has 1 aromatic rings. The number of carbonyl (C=O) groups excluding carboxylic acids is 1. The molecular weight excluding hydrogens is 292 g/mol. The standard InChI is InChI=1S/C10H13Br.C5H10O2/c1-2-3-4-9-5-7-10(11)8-6-9;1-5(2,3)7-4-6/h5-8H,2-4H2,1H3;4H,1-3H3. The van der Waals surface area contributed by atoms with Crippen LogP contribution in [0.3, 0.4) is 0 Å². The average Bonchev–Trinajstić information content (AvgIpc) is 2.28. The first-order valence-corrected chi connectivity index (χ1v) is 7.04. The van der Waals surface area contributed by atoms with E-state index >= 15 is 0 Å². The summed E-state index contributed by atoms with van der Waals surface area (Å²) in [6.07, 6.45) is 3.78. The number of aryl methyl sites for hydroxylation is 1. The number of hydrogen-bond acceptors (Lipinski definition) is 2. The van der Waals surface area contributed by atoms with Crippen molar-refractivity contribution in [2.45, 2.75) is 52.6 Å². The van der Waals surface area contributed by atoms with E-state index in [2.05, 4.69) is 51.9 Å². The lowest BCUT2D eigenvalue weighted by Crippen LogP contribution is -2.17. The van der Waals surface area contributed by atoms with Crippen LogP contribution in [0, 0.1) is 0 Å². The highest BCUT2D eigenvalue weighted by Crippen LogP contribution is 2.12. The van der Waals surface area contributed by atoms with Crippen molar-refractivity contribution < 1.29 is 9.53 Å². The minimum absolute atomic E-state index is 0.318. The fraction of sp³-hybridized carbons (Fsp3) is 0.533. The zero-order chi connectivity index (χ0) is 14.0. The van der Waals surface area contributed by atoms with Gasteiger partial charge in [0.2, 0.25) is 0 Å². The molecule has 0 fully saturated rings. The highest BCUT2D eigenvalue weighted by atomic mass is 79.9. The monoisotopic (exact) mass is 314 g/mol. The molecule has 0 heterocycles. The van der Waals surface area contributed by atoms with Gasteiger partial charge >= 0.3 is 0 Å². The third kappa shape index (κ3) is 10.3. The Balaban J connectivity index is 0.000000360. The molecule has 0 aliphatic rings. The van der Waals surface area contributed by atoms with Crippen molar-refractivity contribution in [3.63, 3.8) is 0 Å². The molecule has 0 aliphatic carbocycles. The Kier molecular flexibility index (Phi) is 8.73. The van der Waals surface area contributed by atoms with Gasteiger partial charge in [-0.15, -0.1) is 0 Å². The third-order valence-electron chi connectivity index (χ3n) is 2.13. The smallest absolute Gasteiger partial charge is 0.293 e. The van der Waals surface area contributed by atoms with Gasteiger partial charge in [-0.25, -0.2) is 0 Å². The van der Waals surface area contributed by atoms with Gasteiger partial charge in [0, 0.05) is 4.47 Å². The van der Waals surface area contributed by atoms with E-state index in [4.69, 9.17) is 0 Å². The number of unbranched alkanes of at least 4 members (excludes halogenated alkanes) is 1. The van der Waals surface area contributed by atoms with Crippen LogP contribution < -0.4 is 0 Å². The number of benzene rings is 1. The first kappa shape index (κ1) is 17.2. The van der Waals surface area contributed by atoms with Crippen LogP contribution in [-0.4, -0.2) is 12.1 Å². The molecule has 0 bridgehead atoms. The Bertz CT molecular complexity index is 325. The van der Waals surface area contributed by atoms with Crippen molar-refractivity contribution >= 4 is 22.4 Å². The van der Waals surface area contributed by atoms with Crippen LogP contribution in [-0.2, 0) is 16.0 Å². The van der Waals surface area contributed by atoms with Crippen LogP contribution in [0.5, 0.6) is 0 Å². The molecule has 2 nitrogen and oxygen atoms in total. The van der Waals surface area contributed by atoms with E-state index in [-0.39, 0.29) is 5.60 Å². The molecule has 0 N–H and O–H groups in total. The summed E-state index contributed by atoms with van der Waals surface area (Å²) in [5, 5.41) is 0. The van der Waals surface area contributed by atoms with Crippen LogP contribution >= 0.6 is 15.9 Å². The van der Waals surface area contributed by atoms with Crippen molar-refractivity contribution in [3.05, 3.63) is 34.3 Å². The van der Waals surface area contributed by atoms with Gasteiger partial charge in [-0.05, 0) is 51.3 Å². The lowest BCUT2D eigenvalue weighted by Gasteiger charge is -2.14. The summed E-state index contributed by atoms with van der Waals surface area (Å²) < 4.78 is 5.71. The maximum atomic E-state index is 9.60. The highest BCUT2D eigenvalue weighted by Gasteiger charge is 2.07. The molecule has 18 heavy (non-hydrogen) atoms. The van der Waals surface area contributed by atoms with Gasteiger partial charge in [-0.2, -0.15) is 0 Å². The fourth-order valence-corrected chi connectivity index (χ4v) is 1.44. The number of halogens is 1. The molecule has 102 valence electrons. The molecule has 0 amide bonds. The van der Waals surface area contributed by atoms with Crippen molar-refractivity contribution in [2.24, 2.45) is 0 Å². The Morgan fingerprint density at radius 2 is 1.78 bits per heavy atom. The summed E-state index contributed by atoms with van der Waals surface area (Å²) in [5.41, 5.74) is 1.12. The maximum absolute atomic E-state index is 9.60. The lowest BCUT2D eigenvalue weighted by atomic mass is 10.1. The Hall–Kier alpha value is -0.830. The molecule has 0 atom stereocenters. The molecule has 1 rings (SSSR count). The summed E-state index contributed by atoms with van der Waals surface area (Å²) in [6, 6.07) is 8.56. The van der Waals surface area contributed by atoms with Crippen LogP contribution in [0.4, 0.5) is 0 Å². The van der Waals surface area contributed by atoms with Crippen LogP contribution in [0.1, 0.15) is 46.1 Å². The van der Waals surface area contributed by atoms with Gasteiger partial charge in [0.25, 0.3) is 6.47 Å². The molecule has 1 aromatic carbocycles. The Morgan fingerprint density at radius 1 is 1.22 bits per heavy atom. The number of rotatable bonds is 4. The zero-order valence-corrected chi connectivity index (χ0v) is 13.3. The van der Waals surface area contributed by atoms with Gasteiger partial charge < -0.3 is 4.74 Å². The van der Waals surface area contributed by atoms with Crippen LogP contribution in [0.25, 0.3) is 0 Å². The average molecular weight is 315 g/mol. The lowest BCUT2D eigenvalue weighted by molar-refractivity contribution is -0.138. The predicted octanol–water partition coefficient (Wildman–Crippen LogP) is 4.75. The summed E-state index contributed by atoms with van der Waals surface area (Å²) in [5.74, 6) is 0. The number of carbonyl (C=O) groups is 1. The van der Waals surface area contributed by atoms with Crippen LogP contribution in [0.15, 0.2) is 28.7 Å². The van der Waals surface area contributed by atoms with Gasteiger partial charge in [0.1, 0.15) is 5.60 Å². The van der Waals surface area contributed by atoms with E-state index in [1.807, 2.05) is 20.8 Å². The van der Waals surface area contributed by atoms with Crippen LogP contribution in [0.2, 0.25) is 0 Å². The van der Waals surface area contributed by atoms with Gasteiger partial charge in [0.05, 0.1) is 0 Å². The first-order valence-electron chi connectivity index (χ1n) is 6.25. The minimum atomic E-state index is -0.318. The largest absolute Gasteiger partial charge is 0.462 e. The zero-order valence-electron chi connectivity index (χ0n) is 11.7. The molecule has 0 saturated heterocycles. The molecule has 0 aromatic heterocycles. The van der Waals surface area contributed by atoms with Gasteiger partial charge in [0.15, 0.2) is 0 Å². The molecule has 0 aliphatic heterocycles. The Morgan fingerprint density at radius 3 is 2.11 bits per heavy atom. The molecule has 0 saturated carbocycles. The van der Waals surface area contributed by atoms with E-state index in [1.54, 1.807) is 0 Å². The molecule has 0 spiro atoms. The summed E-state index contributed by atoms with van der Waals surface area (Å²) in [7, 11) is 0. The minimum Gasteiger partial charge on any atom is -0.462 e. The van der Waals surface area contributed by atoms with E-state index in [9.17, 15) is 4.79 Å². The second-order valence-electron chi connectivity index (χ2n) is 5.06. The number of ether oxygens (including phenoxy) is 1. The summed E-state index contributed by atoms with van der Waals surface area (Å²) in [4.78, 5) is 9.60. The second kappa shape index (κ2) is 9.15. The van der Waals surface area contributed by atoms with Crippen molar-refractivity contribution in [3.8, 4) is 0 Å². The van der Waals surface area contributed by atoms with Crippen molar-refractivity contribution in [1.29, 1.82) is 0 Å².